The zero-order chi connectivity index (χ0) is 26.4. The predicted octanol–water partition coefficient (Wildman–Crippen LogP) is -0.948. The summed E-state index contributed by atoms with van der Waals surface area (Å²) in [5.74, 6) is 0. The molecule has 2 aromatic carbocycles. The molecule has 0 fully saturated rings. The van der Waals surface area contributed by atoms with Crippen LogP contribution in [0.2, 0.25) is 0 Å². The van der Waals surface area contributed by atoms with Gasteiger partial charge in [0.25, 0.3) is 0 Å². The lowest BCUT2D eigenvalue weighted by Crippen LogP contribution is -3.00. The van der Waals surface area contributed by atoms with Crippen molar-refractivity contribution < 1.29 is 53.3 Å². The van der Waals surface area contributed by atoms with Gasteiger partial charge in [-0.2, -0.15) is 0 Å². The number of aromatic nitrogens is 2. The fraction of sp³-hybridized carbons (Fsp3) is 0.353. The maximum atomic E-state index is 9.05. The molecule has 6 heteroatoms. The molecule has 214 valence electrons. The molecule has 2 N–H and O–H groups in total. The number of aliphatic hydroxyl groups is 2. The van der Waals surface area contributed by atoms with Crippen LogP contribution in [0.5, 0.6) is 0 Å². The van der Waals surface area contributed by atoms with E-state index in [-0.39, 0.29) is 47.2 Å². The fourth-order valence-electron chi connectivity index (χ4n) is 4.95. The molecular formula is C34H42Br2N2O2. The summed E-state index contributed by atoms with van der Waals surface area (Å²) in [6.45, 7) is 2.50. The van der Waals surface area contributed by atoms with Gasteiger partial charge in [-0.25, -0.2) is 9.13 Å². The minimum Gasteiger partial charge on any atom is -1.00 e. The van der Waals surface area contributed by atoms with Crippen molar-refractivity contribution in [2.24, 2.45) is 0 Å². The summed E-state index contributed by atoms with van der Waals surface area (Å²) >= 11 is 0. The van der Waals surface area contributed by atoms with Crippen LogP contribution >= 0.6 is 0 Å². The standard InChI is InChI=1S/C34H42N2O2.2BrH/c37-25-5-11-31-9-3-23-35(27-31)21-1-7-29-13-17-33(18-14-29)34-19-15-30(16-20-34)8-2-22-36-24-4-10-32(28-36)12-6-26-38;;/h3-4,9-10,13-20,23-24,27-28,37-38H,1-2,5-8,11-12,21-22,25-26H2;2*1H/q+2;;/p-2. The highest BCUT2D eigenvalue weighted by atomic mass is 79.9. The first-order chi connectivity index (χ1) is 18.7. The van der Waals surface area contributed by atoms with Crippen LogP contribution in [0.25, 0.3) is 11.1 Å². The highest BCUT2D eigenvalue weighted by Crippen LogP contribution is 2.21. The van der Waals surface area contributed by atoms with E-state index in [1.165, 1.54) is 33.4 Å². The molecule has 0 aliphatic rings. The maximum Gasteiger partial charge on any atom is 0.171 e. The van der Waals surface area contributed by atoms with Crippen molar-refractivity contribution in [2.75, 3.05) is 13.2 Å². The Balaban J connectivity index is 0.00000280. The number of aliphatic hydroxyl groups excluding tert-OH is 2. The van der Waals surface area contributed by atoms with Crippen molar-refractivity contribution in [3.63, 3.8) is 0 Å². The van der Waals surface area contributed by atoms with Gasteiger partial charge in [0.2, 0.25) is 0 Å². The molecule has 0 atom stereocenters. The number of aryl methyl sites for hydroxylation is 6. The summed E-state index contributed by atoms with van der Waals surface area (Å²) in [4.78, 5) is 0. The third-order valence-corrected chi connectivity index (χ3v) is 7.09. The van der Waals surface area contributed by atoms with E-state index >= 15 is 0 Å². The van der Waals surface area contributed by atoms with Crippen LogP contribution in [0, 0.1) is 0 Å². The van der Waals surface area contributed by atoms with Crippen molar-refractivity contribution in [1.29, 1.82) is 0 Å². The van der Waals surface area contributed by atoms with Crippen LogP contribution < -0.4 is 43.1 Å². The minimum atomic E-state index is 0. The highest BCUT2D eigenvalue weighted by molar-refractivity contribution is 5.64. The maximum absolute atomic E-state index is 9.05. The van der Waals surface area contributed by atoms with Gasteiger partial charge in [-0.05, 0) is 72.9 Å². The Bertz CT molecular complexity index is 1150. The lowest BCUT2D eigenvalue weighted by Gasteiger charge is -2.06. The highest BCUT2D eigenvalue weighted by Gasteiger charge is 2.06. The van der Waals surface area contributed by atoms with Crippen molar-refractivity contribution in [2.45, 2.75) is 64.5 Å². The van der Waals surface area contributed by atoms with E-state index < -0.39 is 0 Å². The number of hydrogen-bond acceptors (Lipinski definition) is 2. The van der Waals surface area contributed by atoms with Gasteiger partial charge in [0.05, 0.1) is 0 Å². The molecular weight excluding hydrogens is 628 g/mol. The second kappa shape index (κ2) is 18.9. The van der Waals surface area contributed by atoms with E-state index in [0.717, 1.165) is 64.5 Å². The van der Waals surface area contributed by atoms with E-state index in [9.17, 15) is 0 Å². The first-order valence-corrected chi connectivity index (χ1v) is 14.1. The third-order valence-electron chi connectivity index (χ3n) is 7.09. The zero-order valence-electron chi connectivity index (χ0n) is 23.3. The van der Waals surface area contributed by atoms with Crippen LogP contribution in [0.1, 0.15) is 47.9 Å². The molecule has 2 aromatic heterocycles. The number of hydrogen-bond donors (Lipinski definition) is 2. The second-order valence-corrected chi connectivity index (χ2v) is 10.2. The van der Waals surface area contributed by atoms with E-state index in [1.807, 2.05) is 0 Å². The Morgan fingerprint density at radius 1 is 0.450 bits per heavy atom. The second-order valence-electron chi connectivity index (χ2n) is 10.2. The molecule has 0 unspecified atom stereocenters. The van der Waals surface area contributed by atoms with Gasteiger partial charge in [-0.1, -0.05) is 48.5 Å². The van der Waals surface area contributed by atoms with Gasteiger partial charge in [-0.15, -0.1) is 0 Å². The molecule has 2 heterocycles. The molecule has 4 rings (SSSR count). The Hall–Kier alpha value is -2.38. The summed E-state index contributed by atoms with van der Waals surface area (Å²) in [7, 11) is 0. The van der Waals surface area contributed by atoms with Crippen LogP contribution in [0.3, 0.4) is 0 Å². The lowest BCUT2D eigenvalue weighted by molar-refractivity contribution is -0.697. The number of nitrogens with zero attached hydrogens (tertiary/aromatic N) is 2. The van der Waals surface area contributed by atoms with Gasteiger partial charge in [0.1, 0.15) is 13.1 Å². The average Bonchev–Trinajstić information content (AvgIpc) is 2.96. The molecule has 0 spiro atoms. The largest absolute Gasteiger partial charge is 1.00 e. The molecule has 0 radical (unpaired) electrons. The first-order valence-electron chi connectivity index (χ1n) is 14.1. The van der Waals surface area contributed by atoms with E-state index in [4.69, 9.17) is 10.2 Å². The Kier molecular flexibility index (Phi) is 16.0. The molecule has 4 nitrogen and oxygen atoms in total. The summed E-state index contributed by atoms with van der Waals surface area (Å²) in [6.07, 6.45) is 16.5. The van der Waals surface area contributed by atoms with Crippen molar-refractivity contribution >= 4 is 0 Å². The monoisotopic (exact) mass is 668 g/mol. The summed E-state index contributed by atoms with van der Waals surface area (Å²) in [5.41, 5.74) is 7.86. The van der Waals surface area contributed by atoms with E-state index in [0.29, 0.717) is 0 Å². The quantitative estimate of drug-likeness (QED) is 0.161. The van der Waals surface area contributed by atoms with Crippen LogP contribution in [-0.4, -0.2) is 23.4 Å². The van der Waals surface area contributed by atoms with Gasteiger partial charge in [0.15, 0.2) is 24.8 Å². The zero-order valence-corrected chi connectivity index (χ0v) is 26.4. The molecule has 0 bridgehead atoms. The number of benzene rings is 2. The van der Waals surface area contributed by atoms with Crippen LogP contribution in [-0.2, 0) is 38.8 Å². The molecule has 0 saturated heterocycles. The van der Waals surface area contributed by atoms with Gasteiger partial charge < -0.3 is 44.2 Å². The molecule has 4 aromatic rings. The molecule has 0 aliphatic heterocycles. The molecule has 0 amide bonds. The van der Waals surface area contributed by atoms with Gasteiger partial charge in [0, 0.05) is 49.3 Å². The van der Waals surface area contributed by atoms with E-state index in [1.54, 1.807) is 0 Å². The van der Waals surface area contributed by atoms with Crippen LogP contribution in [0.4, 0.5) is 0 Å². The van der Waals surface area contributed by atoms with Crippen molar-refractivity contribution in [1.82, 2.24) is 0 Å². The lowest BCUT2D eigenvalue weighted by atomic mass is 10.00. The Morgan fingerprint density at radius 3 is 1.20 bits per heavy atom. The third kappa shape index (κ3) is 11.2. The Labute approximate surface area is 260 Å². The smallest absolute Gasteiger partial charge is 0.171 e. The molecule has 40 heavy (non-hydrogen) atoms. The fourth-order valence-corrected chi connectivity index (χ4v) is 4.95. The van der Waals surface area contributed by atoms with E-state index in [2.05, 4.69) is 107 Å². The number of halogens is 2. The Morgan fingerprint density at radius 2 is 0.825 bits per heavy atom. The summed E-state index contributed by atoms with van der Waals surface area (Å²) in [6, 6.07) is 26.5. The summed E-state index contributed by atoms with van der Waals surface area (Å²) < 4.78 is 4.52. The summed E-state index contributed by atoms with van der Waals surface area (Å²) in [5, 5.41) is 18.1. The molecule has 0 saturated carbocycles. The van der Waals surface area contributed by atoms with Crippen molar-refractivity contribution in [3.8, 4) is 11.1 Å². The van der Waals surface area contributed by atoms with Crippen LogP contribution in [0.15, 0.2) is 97.6 Å². The SMILES string of the molecule is OCCCc1ccc[n+](CCCc2ccc(-c3ccc(CCC[n+]4cccc(CCCO)c4)cc3)cc2)c1.[Br-].[Br-]. The van der Waals surface area contributed by atoms with Crippen molar-refractivity contribution in [3.05, 3.63) is 120 Å². The van der Waals surface area contributed by atoms with Gasteiger partial charge >= 0.3 is 0 Å². The molecule has 0 aliphatic carbocycles. The normalized spacial score (nSPS) is 10.6. The minimum absolute atomic E-state index is 0. The number of pyridine rings is 2. The van der Waals surface area contributed by atoms with Gasteiger partial charge in [-0.3, -0.25) is 0 Å². The predicted molar refractivity (Wildman–Crippen MR) is 153 cm³/mol. The average molecular weight is 671 g/mol. The topological polar surface area (TPSA) is 48.2 Å². The number of rotatable bonds is 15. The first kappa shape index (κ1) is 33.8.